The number of halogens is 1. The maximum atomic E-state index is 12.0. The van der Waals surface area contributed by atoms with Crippen molar-refractivity contribution >= 4 is 18.5 Å². The Morgan fingerprint density at radius 1 is 1.35 bits per heavy atom. The minimum atomic E-state index is -0.430. The summed E-state index contributed by atoms with van der Waals surface area (Å²) in [6.07, 6.45) is 3.88. The van der Waals surface area contributed by atoms with Gasteiger partial charge in [0, 0.05) is 19.6 Å². The third-order valence-corrected chi connectivity index (χ3v) is 3.93. The summed E-state index contributed by atoms with van der Waals surface area (Å²) in [5, 5.41) is 0. The summed E-state index contributed by atoms with van der Waals surface area (Å²) in [7, 11) is 0. The smallest absolute Gasteiger partial charge is 0.410 e. The van der Waals surface area contributed by atoms with Gasteiger partial charge in [0.2, 0.25) is 0 Å². The molecule has 0 bridgehead atoms. The van der Waals surface area contributed by atoms with E-state index >= 15 is 0 Å². The Kier molecular flexibility index (Phi) is 5.70. The zero-order valence-electron chi connectivity index (χ0n) is 12.7. The summed E-state index contributed by atoms with van der Waals surface area (Å²) in [4.78, 5) is 13.8. The van der Waals surface area contributed by atoms with Gasteiger partial charge in [0.25, 0.3) is 0 Å². The molecule has 0 aliphatic carbocycles. The summed E-state index contributed by atoms with van der Waals surface area (Å²) >= 11 is 0. The standard InChI is InChI=1S/C14H26N2O3.ClH/c1-13(2,3)19-12(17)16-8-6-14(7-9-16)5-4-11(10-15)18-14;/h11H,4-10,15H2,1-3H3;1H/t11-;/m1./s1. The second kappa shape index (κ2) is 6.50. The van der Waals surface area contributed by atoms with E-state index in [4.69, 9.17) is 15.2 Å². The van der Waals surface area contributed by atoms with Crippen LogP contribution in [0.4, 0.5) is 4.79 Å². The molecular formula is C14H27ClN2O3. The minimum absolute atomic E-state index is 0. The molecule has 5 nitrogen and oxygen atoms in total. The molecule has 2 rings (SSSR count). The van der Waals surface area contributed by atoms with Gasteiger partial charge in [-0.15, -0.1) is 12.4 Å². The highest BCUT2D eigenvalue weighted by molar-refractivity contribution is 5.85. The van der Waals surface area contributed by atoms with Gasteiger partial charge in [-0.25, -0.2) is 4.79 Å². The normalized spacial score (nSPS) is 25.4. The molecule has 0 saturated carbocycles. The van der Waals surface area contributed by atoms with E-state index in [9.17, 15) is 4.79 Å². The van der Waals surface area contributed by atoms with Crippen LogP contribution in [0.2, 0.25) is 0 Å². The molecule has 0 aromatic carbocycles. The zero-order chi connectivity index (χ0) is 14.1. The second-order valence-electron chi connectivity index (χ2n) is 6.66. The predicted octanol–water partition coefficient (Wildman–Crippen LogP) is 2.32. The van der Waals surface area contributed by atoms with Crippen LogP contribution >= 0.6 is 12.4 Å². The maximum absolute atomic E-state index is 12.0. The van der Waals surface area contributed by atoms with Crippen molar-refractivity contribution < 1.29 is 14.3 Å². The number of hydrogen-bond donors (Lipinski definition) is 1. The fourth-order valence-corrected chi connectivity index (χ4v) is 2.85. The van der Waals surface area contributed by atoms with E-state index in [0.29, 0.717) is 19.6 Å². The average Bonchev–Trinajstić information content (AvgIpc) is 2.71. The zero-order valence-corrected chi connectivity index (χ0v) is 13.5. The molecule has 1 spiro atoms. The summed E-state index contributed by atoms with van der Waals surface area (Å²) in [5.74, 6) is 0. The summed E-state index contributed by atoms with van der Waals surface area (Å²) < 4.78 is 11.5. The number of hydrogen-bond acceptors (Lipinski definition) is 4. The van der Waals surface area contributed by atoms with E-state index < -0.39 is 5.60 Å². The van der Waals surface area contributed by atoms with Crippen molar-refractivity contribution in [3.8, 4) is 0 Å². The Hall–Kier alpha value is -0.520. The van der Waals surface area contributed by atoms with Crippen molar-refractivity contribution in [1.82, 2.24) is 4.90 Å². The van der Waals surface area contributed by atoms with Crippen molar-refractivity contribution in [2.24, 2.45) is 5.73 Å². The molecule has 0 radical (unpaired) electrons. The van der Waals surface area contributed by atoms with E-state index in [1.807, 2.05) is 20.8 Å². The van der Waals surface area contributed by atoms with Crippen molar-refractivity contribution in [3.05, 3.63) is 0 Å². The molecule has 1 atom stereocenters. The Morgan fingerprint density at radius 2 is 1.95 bits per heavy atom. The van der Waals surface area contributed by atoms with Crippen LogP contribution in [0.25, 0.3) is 0 Å². The first kappa shape index (κ1) is 17.5. The fraction of sp³-hybridized carbons (Fsp3) is 0.929. The van der Waals surface area contributed by atoms with Crippen LogP contribution in [-0.4, -0.2) is 47.9 Å². The average molecular weight is 307 g/mol. The van der Waals surface area contributed by atoms with Crippen LogP contribution < -0.4 is 5.73 Å². The van der Waals surface area contributed by atoms with Crippen LogP contribution in [0.1, 0.15) is 46.5 Å². The molecule has 2 aliphatic rings. The van der Waals surface area contributed by atoms with Gasteiger partial charge in [0.15, 0.2) is 0 Å². The predicted molar refractivity (Wildman–Crippen MR) is 80.2 cm³/mol. The molecule has 2 aliphatic heterocycles. The molecule has 0 unspecified atom stereocenters. The van der Waals surface area contributed by atoms with Gasteiger partial charge < -0.3 is 20.1 Å². The molecule has 0 aromatic rings. The van der Waals surface area contributed by atoms with Gasteiger partial charge in [-0.3, -0.25) is 0 Å². The minimum Gasteiger partial charge on any atom is -0.444 e. The Balaban J connectivity index is 0.00000200. The topological polar surface area (TPSA) is 64.8 Å². The molecule has 6 heteroatoms. The Bertz CT molecular complexity index is 336. The van der Waals surface area contributed by atoms with Crippen molar-refractivity contribution in [3.63, 3.8) is 0 Å². The van der Waals surface area contributed by atoms with E-state index in [-0.39, 0.29) is 30.2 Å². The van der Waals surface area contributed by atoms with Gasteiger partial charge in [-0.1, -0.05) is 0 Å². The number of carbonyl (C=O) groups is 1. The summed E-state index contributed by atoms with van der Waals surface area (Å²) in [6.45, 7) is 7.70. The maximum Gasteiger partial charge on any atom is 0.410 e. The Labute approximate surface area is 127 Å². The molecule has 2 N–H and O–H groups in total. The van der Waals surface area contributed by atoms with Gasteiger partial charge in [-0.05, 0) is 46.5 Å². The highest BCUT2D eigenvalue weighted by Crippen LogP contribution is 2.38. The number of nitrogens with two attached hydrogens (primary N) is 1. The van der Waals surface area contributed by atoms with Gasteiger partial charge in [-0.2, -0.15) is 0 Å². The quantitative estimate of drug-likeness (QED) is 0.807. The molecule has 2 saturated heterocycles. The SMILES string of the molecule is CC(C)(C)OC(=O)N1CCC2(CC[C@H](CN)O2)CC1.Cl. The van der Waals surface area contributed by atoms with Gasteiger partial charge >= 0.3 is 6.09 Å². The molecular weight excluding hydrogens is 280 g/mol. The number of ether oxygens (including phenoxy) is 2. The number of amides is 1. The number of nitrogens with zero attached hydrogens (tertiary/aromatic N) is 1. The molecule has 2 heterocycles. The summed E-state index contributed by atoms with van der Waals surface area (Å²) in [6, 6.07) is 0. The van der Waals surface area contributed by atoms with Crippen molar-refractivity contribution in [1.29, 1.82) is 0 Å². The summed E-state index contributed by atoms with van der Waals surface area (Å²) in [5.41, 5.74) is 5.19. The lowest BCUT2D eigenvalue weighted by molar-refractivity contribution is -0.0750. The number of piperidine rings is 1. The van der Waals surface area contributed by atoms with Crippen LogP contribution in [0.5, 0.6) is 0 Å². The first-order chi connectivity index (χ1) is 8.84. The first-order valence-corrected chi connectivity index (χ1v) is 7.19. The number of likely N-dealkylation sites (tertiary alicyclic amines) is 1. The Morgan fingerprint density at radius 3 is 2.40 bits per heavy atom. The highest BCUT2D eigenvalue weighted by atomic mass is 35.5. The third-order valence-electron chi connectivity index (χ3n) is 3.93. The lowest BCUT2D eigenvalue weighted by Crippen LogP contribution is -2.48. The fourth-order valence-electron chi connectivity index (χ4n) is 2.85. The molecule has 2 fully saturated rings. The largest absolute Gasteiger partial charge is 0.444 e. The first-order valence-electron chi connectivity index (χ1n) is 7.19. The monoisotopic (exact) mass is 306 g/mol. The van der Waals surface area contributed by atoms with E-state index in [0.717, 1.165) is 25.7 Å². The number of carbonyl (C=O) groups excluding carboxylic acids is 1. The van der Waals surface area contributed by atoms with Gasteiger partial charge in [0.05, 0.1) is 11.7 Å². The van der Waals surface area contributed by atoms with Crippen LogP contribution in [0.3, 0.4) is 0 Å². The van der Waals surface area contributed by atoms with E-state index in [1.165, 1.54) is 0 Å². The molecule has 118 valence electrons. The lowest BCUT2D eigenvalue weighted by atomic mass is 9.89. The van der Waals surface area contributed by atoms with Crippen LogP contribution in [-0.2, 0) is 9.47 Å². The van der Waals surface area contributed by atoms with Crippen molar-refractivity contribution in [2.75, 3.05) is 19.6 Å². The van der Waals surface area contributed by atoms with Crippen LogP contribution in [0, 0.1) is 0 Å². The molecule has 0 aromatic heterocycles. The van der Waals surface area contributed by atoms with E-state index in [2.05, 4.69) is 0 Å². The highest BCUT2D eigenvalue weighted by Gasteiger charge is 2.43. The molecule has 1 amide bonds. The molecule has 20 heavy (non-hydrogen) atoms. The third kappa shape index (κ3) is 4.24. The van der Waals surface area contributed by atoms with Gasteiger partial charge in [0.1, 0.15) is 5.60 Å². The number of rotatable bonds is 1. The van der Waals surface area contributed by atoms with E-state index in [1.54, 1.807) is 4.90 Å². The van der Waals surface area contributed by atoms with Crippen LogP contribution in [0.15, 0.2) is 0 Å². The lowest BCUT2D eigenvalue weighted by Gasteiger charge is -2.39. The van der Waals surface area contributed by atoms with Crippen molar-refractivity contribution in [2.45, 2.75) is 63.8 Å². The second-order valence-corrected chi connectivity index (χ2v) is 6.66.